The Morgan fingerprint density at radius 3 is 2.50 bits per heavy atom. The zero-order valence-electron chi connectivity index (χ0n) is 11.6. The van der Waals surface area contributed by atoms with Crippen molar-refractivity contribution in [2.45, 2.75) is 31.8 Å². The molecule has 0 aliphatic heterocycles. The smallest absolute Gasteiger partial charge is 0.273 e. The number of halogens is 5. The molecule has 1 aromatic rings. The van der Waals surface area contributed by atoms with Crippen LogP contribution in [0.5, 0.6) is 0 Å². The van der Waals surface area contributed by atoms with Gasteiger partial charge >= 0.3 is 0 Å². The summed E-state index contributed by atoms with van der Waals surface area (Å²) in [6.07, 6.45) is -3.08. The van der Waals surface area contributed by atoms with Crippen LogP contribution in [-0.2, 0) is 5.92 Å². The average molecular weight is 388 g/mol. The molecule has 0 aliphatic carbocycles. The lowest BCUT2D eigenvalue weighted by atomic mass is 10.1. The predicted octanol–water partition coefficient (Wildman–Crippen LogP) is 2.28. The van der Waals surface area contributed by atoms with Crippen molar-refractivity contribution in [3.05, 3.63) is 21.9 Å². The van der Waals surface area contributed by atoms with Gasteiger partial charge in [-0.05, 0) is 28.9 Å². The summed E-state index contributed by atoms with van der Waals surface area (Å²) in [5, 5.41) is 11.4. The van der Waals surface area contributed by atoms with Gasteiger partial charge in [0.25, 0.3) is 18.3 Å². The molecule has 0 fully saturated rings. The first kappa shape index (κ1) is 18.6. The minimum absolute atomic E-state index is 0.292. The van der Waals surface area contributed by atoms with Crippen molar-refractivity contribution in [1.82, 2.24) is 10.3 Å². The highest BCUT2D eigenvalue weighted by Gasteiger charge is 2.34. The Labute approximate surface area is 132 Å². The average Bonchev–Trinajstić information content (AvgIpc) is 2.36. The Morgan fingerprint density at radius 1 is 1.50 bits per heavy atom. The van der Waals surface area contributed by atoms with Crippen LogP contribution >= 0.6 is 15.9 Å². The molecule has 1 atom stereocenters. The van der Waals surface area contributed by atoms with Gasteiger partial charge in [-0.15, -0.1) is 0 Å². The maximum Gasteiger partial charge on any atom is 0.273 e. The first-order valence-electron chi connectivity index (χ1n) is 5.99. The molecule has 4 N–H and O–H groups in total. The van der Waals surface area contributed by atoms with Crippen LogP contribution in [0, 0.1) is 0 Å². The van der Waals surface area contributed by atoms with Gasteiger partial charge in [0.1, 0.15) is 10.2 Å². The van der Waals surface area contributed by atoms with E-state index in [-0.39, 0.29) is 10.3 Å². The molecule has 5 nitrogen and oxygen atoms in total. The number of nitrogens with one attached hydrogen (secondary N) is 1. The summed E-state index contributed by atoms with van der Waals surface area (Å²) in [7, 11) is 0. The standard InChI is InChI=1S/C12H14BrF4N3O2/c1-11(22,10(14)15)4-19-9(21)7-6(18)3-5(8(13)20-7)12(2,16)17/h3,10,22H,4,18H2,1-2H3,(H,19,21). The van der Waals surface area contributed by atoms with E-state index < -0.39 is 41.7 Å². The second-order valence-electron chi connectivity index (χ2n) is 4.99. The van der Waals surface area contributed by atoms with E-state index in [1.165, 1.54) is 0 Å². The van der Waals surface area contributed by atoms with Crippen molar-refractivity contribution in [3.8, 4) is 0 Å². The highest BCUT2D eigenvalue weighted by molar-refractivity contribution is 9.10. The number of hydrogen-bond acceptors (Lipinski definition) is 4. The van der Waals surface area contributed by atoms with Crippen LogP contribution in [0.1, 0.15) is 29.9 Å². The minimum Gasteiger partial charge on any atom is -0.397 e. The molecule has 1 heterocycles. The first-order chi connectivity index (χ1) is 9.86. The minimum atomic E-state index is -3.23. The van der Waals surface area contributed by atoms with E-state index in [2.05, 4.69) is 20.9 Å². The van der Waals surface area contributed by atoms with Crippen LogP contribution in [0.25, 0.3) is 0 Å². The molecule has 0 saturated carbocycles. The third kappa shape index (κ3) is 4.29. The monoisotopic (exact) mass is 387 g/mol. The molecule has 22 heavy (non-hydrogen) atoms. The number of alkyl halides is 4. The number of nitrogens with two attached hydrogens (primary N) is 1. The maximum atomic E-state index is 13.3. The molecule has 1 aromatic heterocycles. The van der Waals surface area contributed by atoms with E-state index in [1.54, 1.807) is 0 Å². The van der Waals surface area contributed by atoms with Gasteiger partial charge in [0.2, 0.25) is 0 Å². The SMILES string of the molecule is CC(F)(F)c1cc(N)c(C(=O)NCC(C)(O)C(F)F)nc1Br. The summed E-state index contributed by atoms with van der Waals surface area (Å²) in [5.41, 5.74) is 1.80. The van der Waals surface area contributed by atoms with Crippen LogP contribution in [0.4, 0.5) is 23.2 Å². The molecular weight excluding hydrogens is 374 g/mol. The molecule has 0 bridgehead atoms. The van der Waals surface area contributed by atoms with E-state index in [9.17, 15) is 27.5 Å². The molecule has 1 rings (SSSR count). The van der Waals surface area contributed by atoms with Gasteiger partial charge < -0.3 is 16.2 Å². The molecule has 1 unspecified atom stereocenters. The lowest BCUT2D eigenvalue weighted by Crippen LogP contribution is -2.46. The van der Waals surface area contributed by atoms with Gasteiger partial charge in [-0.25, -0.2) is 22.5 Å². The number of aromatic nitrogens is 1. The second-order valence-corrected chi connectivity index (χ2v) is 5.74. The molecular formula is C12H14BrF4N3O2. The summed E-state index contributed by atoms with van der Waals surface area (Å²) < 4.78 is 51.2. The highest BCUT2D eigenvalue weighted by Crippen LogP contribution is 2.34. The van der Waals surface area contributed by atoms with Crippen LogP contribution in [0.3, 0.4) is 0 Å². The van der Waals surface area contributed by atoms with E-state index in [0.29, 0.717) is 6.92 Å². The van der Waals surface area contributed by atoms with Crippen molar-refractivity contribution in [2.24, 2.45) is 0 Å². The molecule has 1 amide bonds. The van der Waals surface area contributed by atoms with Crippen LogP contribution in [-0.4, -0.2) is 34.6 Å². The number of rotatable bonds is 5. The summed E-state index contributed by atoms with van der Waals surface area (Å²) in [4.78, 5) is 15.4. The molecule has 0 spiro atoms. The van der Waals surface area contributed by atoms with E-state index in [0.717, 1.165) is 13.0 Å². The number of nitrogen functional groups attached to an aromatic ring is 1. The normalized spacial score (nSPS) is 14.8. The van der Waals surface area contributed by atoms with Gasteiger partial charge in [-0.3, -0.25) is 4.79 Å². The molecule has 124 valence electrons. The Balaban J connectivity index is 2.99. The lowest BCUT2D eigenvalue weighted by molar-refractivity contribution is -0.0794. The van der Waals surface area contributed by atoms with Gasteiger partial charge in [-0.2, -0.15) is 0 Å². The first-order valence-corrected chi connectivity index (χ1v) is 6.78. The number of pyridine rings is 1. The largest absolute Gasteiger partial charge is 0.397 e. The van der Waals surface area contributed by atoms with Gasteiger partial charge in [-0.1, -0.05) is 0 Å². The number of amides is 1. The summed E-state index contributed by atoms with van der Waals surface area (Å²) in [6, 6.07) is 0.872. The van der Waals surface area contributed by atoms with Gasteiger partial charge in [0, 0.05) is 6.92 Å². The molecule has 0 saturated heterocycles. The molecule has 0 aliphatic rings. The van der Waals surface area contributed by atoms with E-state index in [4.69, 9.17) is 5.73 Å². The molecule has 10 heteroatoms. The third-order valence-electron chi connectivity index (χ3n) is 2.77. The fourth-order valence-electron chi connectivity index (χ4n) is 1.42. The van der Waals surface area contributed by atoms with Crippen molar-refractivity contribution in [3.63, 3.8) is 0 Å². The Hall–Kier alpha value is -1.42. The van der Waals surface area contributed by atoms with Crippen LogP contribution < -0.4 is 11.1 Å². The number of carbonyl (C=O) groups excluding carboxylic acids is 1. The Bertz CT molecular complexity index is 576. The summed E-state index contributed by atoms with van der Waals surface area (Å²) in [5.74, 6) is -4.20. The van der Waals surface area contributed by atoms with E-state index >= 15 is 0 Å². The summed E-state index contributed by atoms with van der Waals surface area (Å²) >= 11 is 2.80. The maximum absolute atomic E-state index is 13.3. The predicted molar refractivity (Wildman–Crippen MR) is 74.9 cm³/mol. The zero-order chi connectivity index (χ0) is 17.3. The van der Waals surface area contributed by atoms with Crippen molar-refractivity contribution < 1.29 is 27.5 Å². The molecule has 0 radical (unpaired) electrons. The fraction of sp³-hybridized carbons (Fsp3) is 0.500. The number of aliphatic hydroxyl groups is 1. The van der Waals surface area contributed by atoms with Gasteiger partial charge in [0.05, 0.1) is 17.8 Å². The van der Waals surface area contributed by atoms with Crippen LogP contribution in [0.15, 0.2) is 10.7 Å². The fourth-order valence-corrected chi connectivity index (χ4v) is 2.06. The Morgan fingerprint density at radius 2 is 2.05 bits per heavy atom. The van der Waals surface area contributed by atoms with Crippen molar-refractivity contribution in [2.75, 3.05) is 12.3 Å². The number of nitrogens with zero attached hydrogens (tertiary/aromatic N) is 1. The summed E-state index contributed by atoms with van der Waals surface area (Å²) in [6.45, 7) is 0.715. The van der Waals surface area contributed by atoms with Crippen molar-refractivity contribution >= 4 is 27.5 Å². The zero-order valence-corrected chi connectivity index (χ0v) is 13.2. The highest BCUT2D eigenvalue weighted by atomic mass is 79.9. The topological polar surface area (TPSA) is 88.2 Å². The van der Waals surface area contributed by atoms with Crippen molar-refractivity contribution in [1.29, 1.82) is 0 Å². The van der Waals surface area contributed by atoms with Gasteiger partial charge in [0.15, 0.2) is 5.69 Å². The number of carbonyl (C=O) groups is 1. The lowest BCUT2D eigenvalue weighted by Gasteiger charge is -2.22. The van der Waals surface area contributed by atoms with Crippen LogP contribution in [0.2, 0.25) is 0 Å². The third-order valence-corrected chi connectivity index (χ3v) is 3.37. The second kappa shape index (κ2) is 6.37. The number of hydrogen-bond donors (Lipinski definition) is 3. The Kier molecular flexibility index (Phi) is 5.39. The van der Waals surface area contributed by atoms with E-state index in [1.807, 2.05) is 5.32 Å². The number of anilines is 1. The molecule has 0 aromatic carbocycles. The quantitative estimate of drug-likeness (QED) is 0.534.